The van der Waals surface area contributed by atoms with Gasteiger partial charge in [-0.3, -0.25) is 4.79 Å². The lowest BCUT2D eigenvalue weighted by Crippen LogP contribution is -2.23. The summed E-state index contributed by atoms with van der Waals surface area (Å²) < 4.78 is 30.7. The van der Waals surface area contributed by atoms with Gasteiger partial charge in [-0.2, -0.15) is 5.26 Å². The highest BCUT2D eigenvalue weighted by Crippen LogP contribution is 2.25. The van der Waals surface area contributed by atoms with Crippen molar-refractivity contribution >= 4 is 33.2 Å². The number of sulfonamides is 1. The molecule has 7 nitrogen and oxygen atoms in total. The lowest BCUT2D eigenvalue weighted by atomic mass is 10.2. The molecule has 0 radical (unpaired) electrons. The first kappa shape index (κ1) is 19.7. The maximum atomic E-state index is 12.1. The molecule has 2 aromatic rings. The van der Waals surface area contributed by atoms with E-state index in [2.05, 4.69) is 5.32 Å². The third-order valence-corrected chi connectivity index (χ3v) is 5.42. The van der Waals surface area contributed by atoms with Crippen molar-refractivity contribution in [1.82, 2.24) is 4.31 Å². The Labute approximate surface area is 156 Å². The predicted molar refractivity (Wildman–Crippen MR) is 97.6 cm³/mol. The molecule has 9 heteroatoms. The van der Waals surface area contributed by atoms with Crippen molar-refractivity contribution in [2.75, 3.05) is 26.0 Å². The average molecular weight is 394 g/mol. The van der Waals surface area contributed by atoms with Crippen LogP contribution in [0.2, 0.25) is 5.02 Å². The number of anilines is 1. The highest BCUT2D eigenvalue weighted by Gasteiger charge is 2.17. The van der Waals surface area contributed by atoms with Crippen molar-refractivity contribution in [3.05, 3.63) is 53.1 Å². The molecule has 0 bridgehead atoms. The van der Waals surface area contributed by atoms with E-state index < -0.39 is 15.9 Å². The van der Waals surface area contributed by atoms with Crippen LogP contribution in [0.4, 0.5) is 5.69 Å². The van der Waals surface area contributed by atoms with Crippen LogP contribution in [0.1, 0.15) is 5.56 Å². The smallest absolute Gasteiger partial charge is 0.262 e. The van der Waals surface area contributed by atoms with E-state index in [1.54, 1.807) is 6.07 Å². The second-order valence-corrected chi connectivity index (χ2v) is 7.97. The summed E-state index contributed by atoms with van der Waals surface area (Å²) in [5, 5.41) is 11.6. The fourth-order valence-electron chi connectivity index (χ4n) is 1.97. The summed E-state index contributed by atoms with van der Waals surface area (Å²) in [4.78, 5) is 12.1. The topological polar surface area (TPSA) is 99.5 Å². The van der Waals surface area contributed by atoms with Crippen LogP contribution in [-0.4, -0.2) is 39.3 Å². The Hall–Kier alpha value is -2.60. The Balaban J connectivity index is 2.04. The van der Waals surface area contributed by atoms with Gasteiger partial charge in [-0.05, 0) is 36.4 Å². The first-order valence-corrected chi connectivity index (χ1v) is 9.20. The van der Waals surface area contributed by atoms with Crippen LogP contribution in [0.5, 0.6) is 5.75 Å². The van der Waals surface area contributed by atoms with Gasteiger partial charge in [0.15, 0.2) is 6.61 Å². The maximum Gasteiger partial charge on any atom is 0.262 e. The molecular formula is C17H16ClN3O4S. The Morgan fingerprint density at radius 3 is 2.62 bits per heavy atom. The van der Waals surface area contributed by atoms with E-state index >= 15 is 0 Å². The van der Waals surface area contributed by atoms with Crippen LogP contribution in [0, 0.1) is 11.3 Å². The Kier molecular flexibility index (Phi) is 6.21. The molecule has 0 aromatic heterocycles. The van der Waals surface area contributed by atoms with Gasteiger partial charge in [-0.1, -0.05) is 17.7 Å². The summed E-state index contributed by atoms with van der Waals surface area (Å²) in [6, 6.07) is 12.3. The van der Waals surface area contributed by atoms with E-state index in [0.29, 0.717) is 11.3 Å². The normalized spacial score (nSPS) is 11.0. The Morgan fingerprint density at radius 2 is 2.00 bits per heavy atom. The molecule has 0 spiro atoms. The summed E-state index contributed by atoms with van der Waals surface area (Å²) in [5.41, 5.74) is 0.707. The van der Waals surface area contributed by atoms with Crippen LogP contribution >= 0.6 is 11.6 Å². The molecule has 0 fully saturated rings. The summed E-state index contributed by atoms with van der Waals surface area (Å²) in [7, 11) is -0.743. The van der Waals surface area contributed by atoms with Crippen LogP contribution in [0.25, 0.3) is 0 Å². The Morgan fingerprint density at radius 1 is 1.27 bits per heavy atom. The van der Waals surface area contributed by atoms with E-state index in [1.807, 2.05) is 6.07 Å². The molecular weight excluding hydrogens is 378 g/mol. The number of nitriles is 1. The molecule has 2 rings (SSSR count). The quantitative estimate of drug-likeness (QED) is 0.812. The SMILES string of the molecule is CN(C)S(=O)(=O)c1cccc(NC(=O)COc2ccc(C#N)cc2Cl)c1. The molecule has 136 valence electrons. The molecule has 0 unspecified atom stereocenters. The molecule has 1 N–H and O–H groups in total. The first-order valence-electron chi connectivity index (χ1n) is 7.39. The second-order valence-electron chi connectivity index (χ2n) is 5.41. The van der Waals surface area contributed by atoms with Gasteiger partial charge in [0.05, 0.1) is 21.6 Å². The number of carbonyl (C=O) groups excluding carboxylic acids is 1. The van der Waals surface area contributed by atoms with Crippen molar-refractivity contribution in [2.24, 2.45) is 0 Å². The highest BCUT2D eigenvalue weighted by atomic mass is 35.5. The van der Waals surface area contributed by atoms with Crippen LogP contribution in [0.15, 0.2) is 47.4 Å². The molecule has 1 amide bonds. The molecule has 0 saturated carbocycles. The largest absolute Gasteiger partial charge is 0.482 e. The van der Waals surface area contributed by atoms with Crippen molar-refractivity contribution in [3.8, 4) is 11.8 Å². The molecule has 0 aliphatic carbocycles. The number of benzene rings is 2. The predicted octanol–water partition coefficient (Wildman–Crippen LogP) is 2.48. The zero-order chi connectivity index (χ0) is 19.3. The number of hydrogen-bond acceptors (Lipinski definition) is 5. The van der Waals surface area contributed by atoms with E-state index in [1.165, 1.54) is 50.5 Å². The summed E-state index contributed by atoms with van der Waals surface area (Å²) >= 11 is 5.97. The van der Waals surface area contributed by atoms with E-state index in [4.69, 9.17) is 21.6 Å². The zero-order valence-corrected chi connectivity index (χ0v) is 15.6. The number of rotatable bonds is 6. The van der Waals surface area contributed by atoms with Crippen LogP contribution in [-0.2, 0) is 14.8 Å². The minimum atomic E-state index is -3.60. The molecule has 0 aliphatic heterocycles. The summed E-state index contributed by atoms with van der Waals surface area (Å²) in [6.45, 7) is -0.323. The lowest BCUT2D eigenvalue weighted by Gasteiger charge is -2.13. The fraction of sp³-hybridized carbons (Fsp3) is 0.176. The second kappa shape index (κ2) is 8.19. The van der Waals surface area contributed by atoms with Crippen molar-refractivity contribution in [1.29, 1.82) is 5.26 Å². The standard InChI is InChI=1S/C17H16ClN3O4S/c1-21(2)26(23,24)14-5-3-4-13(9-14)20-17(22)11-25-16-7-6-12(10-19)8-15(16)18/h3-9H,11H2,1-2H3,(H,20,22). The number of hydrogen-bond donors (Lipinski definition) is 1. The number of amides is 1. The van der Waals surface area contributed by atoms with E-state index in [-0.39, 0.29) is 22.3 Å². The van der Waals surface area contributed by atoms with Crippen LogP contribution < -0.4 is 10.1 Å². The summed E-state index contributed by atoms with van der Waals surface area (Å²) in [5.74, 6) is -0.213. The van der Waals surface area contributed by atoms with Gasteiger partial charge < -0.3 is 10.1 Å². The summed E-state index contributed by atoms with van der Waals surface area (Å²) in [6.07, 6.45) is 0. The van der Waals surface area contributed by atoms with Gasteiger partial charge in [0.2, 0.25) is 10.0 Å². The fourth-order valence-corrected chi connectivity index (χ4v) is 3.16. The minimum absolute atomic E-state index is 0.0661. The van der Waals surface area contributed by atoms with Crippen molar-refractivity contribution in [2.45, 2.75) is 4.90 Å². The Bertz CT molecular complexity index is 968. The van der Waals surface area contributed by atoms with Gasteiger partial charge in [-0.25, -0.2) is 12.7 Å². The first-order chi connectivity index (χ1) is 12.2. The van der Waals surface area contributed by atoms with Gasteiger partial charge >= 0.3 is 0 Å². The monoisotopic (exact) mass is 393 g/mol. The number of nitrogens with one attached hydrogen (secondary N) is 1. The molecule has 2 aromatic carbocycles. The highest BCUT2D eigenvalue weighted by molar-refractivity contribution is 7.89. The molecule has 0 heterocycles. The van der Waals surface area contributed by atoms with Gasteiger partial charge in [0.1, 0.15) is 5.75 Å². The molecule has 0 saturated heterocycles. The number of nitrogens with zero attached hydrogens (tertiary/aromatic N) is 2. The van der Waals surface area contributed by atoms with Crippen molar-refractivity contribution < 1.29 is 17.9 Å². The van der Waals surface area contributed by atoms with Gasteiger partial charge in [0, 0.05) is 19.8 Å². The minimum Gasteiger partial charge on any atom is -0.482 e. The maximum absolute atomic E-state index is 12.1. The van der Waals surface area contributed by atoms with Crippen molar-refractivity contribution in [3.63, 3.8) is 0 Å². The molecule has 26 heavy (non-hydrogen) atoms. The molecule has 0 atom stereocenters. The third-order valence-electron chi connectivity index (χ3n) is 3.32. The average Bonchev–Trinajstić information content (AvgIpc) is 2.60. The molecule has 0 aliphatic rings. The van der Waals surface area contributed by atoms with Crippen LogP contribution in [0.3, 0.4) is 0 Å². The lowest BCUT2D eigenvalue weighted by molar-refractivity contribution is -0.118. The van der Waals surface area contributed by atoms with E-state index in [0.717, 1.165) is 4.31 Å². The van der Waals surface area contributed by atoms with Gasteiger partial charge in [0.25, 0.3) is 5.91 Å². The number of ether oxygens (including phenoxy) is 1. The zero-order valence-electron chi connectivity index (χ0n) is 14.1. The van der Waals surface area contributed by atoms with Gasteiger partial charge in [-0.15, -0.1) is 0 Å². The number of halogens is 1. The van der Waals surface area contributed by atoms with E-state index in [9.17, 15) is 13.2 Å². The third kappa shape index (κ3) is 4.73. The number of carbonyl (C=O) groups is 1.